The van der Waals surface area contributed by atoms with E-state index in [1.165, 1.54) is 13.8 Å². The number of carbonyl (C=O) groups excluding carboxylic acids is 2. The largest absolute Gasteiger partial charge is 0.395 e. The molecule has 88 valence electrons. The van der Waals surface area contributed by atoms with Gasteiger partial charge in [-0.2, -0.15) is 0 Å². The van der Waals surface area contributed by atoms with E-state index in [9.17, 15) is 9.59 Å². The summed E-state index contributed by atoms with van der Waals surface area (Å²) in [6.45, 7) is 6.12. The lowest BCUT2D eigenvalue weighted by atomic mass is 9.95. The van der Waals surface area contributed by atoms with Crippen LogP contribution < -0.4 is 5.73 Å². The van der Waals surface area contributed by atoms with Gasteiger partial charge >= 0.3 is 11.9 Å². The minimum atomic E-state index is -1.08. The number of carbonyl (C=O) groups is 2. The molecule has 0 spiro atoms. The van der Waals surface area contributed by atoms with Crippen LogP contribution in [0.25, 0.3) is 0 Å². The summed E-state index contributed by atoms with van der Waals surface area (Å²) < 4.78 is 4.57. The lowest BCUT2D eigenvalue weighted by Gasteiger charge is -2.20. The molecule has 0 amide bonds. The van der Waals surface area contributed by atoms with Gasteiger partial charge in [-0.25, -0.2) is 4.79 Å². The molecule has 0 heterocycles. The van der Waals surface area contributed by atoms with Crippen molar-refractivity contribution in [3.8, 4) is 0 Å². The maximum Gasteiger partial charge on any atom is 0.330 e. The Hall–Kier alpha value is -0.940. The van der Waals surface area contributed by atoms with Gasteiger partial charge in [-0.3, -0.25) is 4.79 Å². The summed E-state index contributed by atoms with van der Waals surface area (Å²) in [5, 5.41) is 8.88. The van der Waals surface area contributed by atoms with Crippen LogP contribution in [0.5, 0.6) is 0 Å². The van der Waals surface area contributed by atoms with E-state index in [0.717, 1.165) is 0 Å². The molecule has 5 nitrogen and oxygen atoms in total. The zero-order chi connectivity index (χ0) is 12.2. The van der Waals surface area contributed by atoms with E-state index in [0.29, 0.717) is 0 Å². The van der Waals surface area contributed by atoms with Crippen molar-refractivity contribution in [3.05, 3.63) is 0 Å². The molecule has 0 aromatic heterocycles. The molecule has 3 N–H and O–H groups in total. The third kappa shape index (κ3) is 3.97. The second kappa shape index (κ2) is 5.23. The van der Waals surface area contributed by atoms with Gasteiger partial charge in [0.15, 0.2) is 0 Å². The minimum absolute atomic E-state index is 0.0949. The first-order valence-electron chi connectivity index (χ1n) is 4.85. The molecule has 0 aliphatic rings. The Morgan fingerprint density at radius 2 is 1.87 bits per heavy atom. The molecule has 0 rings (SSSR count). The highest BCUT2D eigenvalue weighted by Gasteiger charge is 2.32. The van der Waals surface area contributed by atoms with Gasteiger partial charge in [-0.15, -0.1) is 0 Å². The summed E-state index contributed by atoms with van der Waals surface area (Å²) in [5.74, 6) is -1.61. The van der Waals surface area contributed by atoms with Gasteiger partial charge in [0.25, 0.3) is 0 Å². The van der Waals surface area contributed by atoms with Crippen molar-refractivity contribution in [2.75, 3.05) is 6.61 Å². The maximum atomic E-state index is 11.4. The van der Waals surface area contributed by atoms with Gasteiger partial charge in [-0.1, -0.05) is 13.8 Å². The Bertz CT molecular complexity index is 248. The zero-order valence-electron chi connectivity index (χ0n) is 9.61. The lowest BCUT2D eigenvalue weighted by molar-refractivity contribution is -0.169. The van der Waals surface area contributed by atoms with Gasteiger partial charge < -0.3 is 15.6 Å². The summed E-state index contributed by atoms with van der Waals surface area (Å²) >= 11 is 0. The van der Waals surface area contributed by atoms with Crippen LogP contribution in [0.2, 0.25) is 0 Å². The molecule has 0 bridgehead atoms. The minimum Gasteiger partial charge on any atom is -0.395 e. The molecule has 0 radical (unpaired) electrons. The fourth-order valence-corrected chi connectivity index (χ4v) is 0.634. The molecule has 0 aromatic carbocycles. The van der Waals surface area contributed by atoms with Crippen LogP contribution in [-0.4, -0.2) is 29.7 Å². The van der Waals surface area contributed by atoms with E-state index >= 15 is 0 Å². The number of rotatable bonds is 4. The first-order valence-corrected chi connectivity index (χ1v) is 4.85. The topological polar surface area (TPSA) is 89.6 Å². The smallest absolute Gasteiger partial charge is 0.330 e. The van der Waals surface area contributed by atoms with Gasteiger partial charge in [0.1, 0.15) is 6.04 Å². The van der Waals surface area contributed by atoms with E-state index < -0.39 is 23.4 Å². The first kappa shape index (κ1) is 14.1. The molecule has 0 aliphatic heterocycles. The van der Waals surface area contributed by atoms with E-state index in [2.05, 4.69) is 4.74 Å². The normalized spacial score (nSPS) is 13.8. The highest BCUT2D eigenvalue weighted by atomic mass is 16.6. The van der Waals surface area contributed by atoms with Gasteiger partial charge in [0.05, 0.1) is 12.0 Å². The molecule has 0 saturated heterocycles. The van der Waals surface area contributed by atoms with Crippen molar-refractivity contribution in [2.45, 2.75) is 33.7 Å². The Balaban J connectivity index is 4.38. The molecule has 0 aromatic rings. The standard InChI is InChI=1S/C10H19NO4/c1-6(2)7(11)8(13)15-9(14)10(3,4)5-12/h6-7,12H,5,11H2,1-4H3/t7-/m0/s1. The fraction of sp³-hybridized carbons (Fsp3) is 0.800. The molecular weight excluding hydrogens is 198 g/mol. The van der Waals surface area contributed by atoms with Crippen molar-refractivity contribution in [1.29, 1.82) is 0 Å². The summed E-state index contributed by atoms with van der Waals surface area (Å²) in [5.41, 5.74) is 4.43. The molecule has 1 atom stereocenters. The Kier molecular flexibility index (Phi) is 4.90. The maximum absolute atomic E-state index is 11.4. The van der Waals surface area contributed by atoms with Gasteiger partial charge in [-0.05, 0) is 19.8 Å². The van der Waals surface area contributed by atoms with Gasteiger partial charge in [0, 0.05) is 0 Å². The SMILES string of the molecule is CC(C)[C@H](N)C(=O)OC(=O)C(C)(C)CO. The quantitative estimate of drug-likeness (QED) is 0.513. The van der Waals surface area contributed by atoms with E-state index in [1.54, 1.807) is 13.8 Å². The second-order valence-electron chi connectivity index (χ2n) is 4.52. The first-order chi connectivity index (χ1) is 6.72. The summed E-state index contributed by atoms with van der Waals surface area (Å²) in [7, 11) is 0. The van der Waals surface area contributed by atoms with Crippen molar-refractivity contribution < 1.29 is 19.4 Å². The molecular formula is C10H19NO4. The zero-order valence-corrected chi connectivity index (χ0v) is 9.61. The summed E-state index contributed by atoms with van der Waals surface area (Å²) in [6.07, 6.45) is 0. The van der Waals surface area contributed by atoms with E-state index in [-0.39, 0.29) is 12.5 Å². The van der Waals surface area contributed by atoms with E-state index in [4.69, 9.17) is 10.8 Å². The Labute approximate surface area is 89.6 Å². The number of esters is 2. The van der Waals surface area contributed by atoms with Gasteiger partial charge in [0.2, 0.25) is 0 Å². The predicted molar refractivity (Wildman–Crippen MR) is 54.8 cm³/mol. The number of ether oxygens (including phenoxy) is 1. The Morgan fingerprint density at radius 1 is 1.40 bits per heavy atom. The van der Waals surface area contributed by atoms with Crippen molar-refractivity contribution in [3.63, 3.8) is 0 Å². The van der Waals surface area contributed by atoms with Crippen LogP contribution in [0.4, 0.5) is 0 Å². The molecule has 0 saturated carbocycles. The molecule has 0 unspecified atom stereocenters. The highest BCUT2D eigenvalue weighted by Crippen LogP contribution is 2.16. The van der Waals surface area contributed by atoms with Crippen molar-refractivity contribution in [1.82, 2.24) is 0 Å². The fourth-order valence-electron chi connectivity index (χ4n) is 0.634. The van der Waals surface area contributed by atoms with Crippen LogP contribution in [0, 0.1) is 11.3 Å². The van der Waals surface area contributed by atoms with Crippen LogP contribution >= 0.6 is 0 Å². The third-order valence-corrected chi connectivity index (χ3v) is 2.13. The number of aliphatic hydroxyl groups is 1. The predicted octanol–water partition coefficient (Wildman–Crippen LogP) is 0.0580. The second-order valence-corrected chi connectivity index (χ2v) is 4.52. The monoisotopic (exact) mass is 217 g/mol. The van der Waals surface area contributed by atoms with Crippen molar-refractivity contribution in [2.24, 2.45) is 17.1 Å². The van der Waals surface area contributed by atoms with Crippen molar-refractivity contribution >= 4 is 11.9 Å². The van der Waals surface area contributed by atoms with E-state index in [1.807, 2.05) is 0 Å². The summed E-state index contributed by atoms with van der Waals surface area (Å²) in [6, 6.07) is -0.816. The molecule has 5 heteroatoms. The number of hydrogen-bond donors (Lipinski definition) is 2. The summed E-state index contributed by atoms with van der Waals surface area (Å²) in [4.78, 5) is 22.7. The molecule has 0 aliphatic carbocycles. The van der Waals surface area contributed by atoms with Crippen LogP contribution in [0.15, 0.2) is 0 Å². The lowest BCUT2D eigenvalue weighted by Crippen LogP contribution is -2.41. The molecule has 0 fully saturated rings. The van der Waals surface area contributed by atoms with Crippen LogP contribution in [-0.2, 0) is 14.3 Å². The Morgan fingerprint density at radius 3 is 2.20 bits per heavy atom. The highest BCUT2D eigenvalue weighted by molar-refractivity contribution is 5.90. The number of hydrogen-bond acceptors (Lipinski definition) is 5. The average Bonchev–Trinajstić information content (AvgIpc) is 2.16. The number of aliphatic hydroxyl groups excluding tert-OH is 1. The van der Waals surface area contributed by atoms with Crippen LogP contribution in [0.1, 0.15) is 27.7 Å². The molecule has 15 heavy (non-hydrogen) atoms. The third-order valence-electron chi connectivity index (χ3n) is 2.13. The number of nitrogens with two attached hydrogens (primary N) is 1. The average molecular weight is 217 g/mol. The van der Waals surface area contributed by atoms with Crippen LogP contribution in [0.3, 0.4) is 0 Å².